The van der Waals surface area contributed by atoms with Gasteiger partial charge in [0.2, 0.25) is 5.90 Å². The van der Waals surface area contributed by atoms with Crippen LogP contribution in [0.1, 0.15) is 89.4 Å². The highest BCUT2D eigenvalue weighted by atomic mass is 16.5. The van der Waals surface area contributed by atoms with Gasteiger partial charge in [-0.3, -0.25) is 0 Å². The first-order valence-electron chi connectivity index (χ1n) is 10.7. The Hall–Kier alpha value is -1.38. The van der Waals surface area contributed by atoms with Gasteiger partial charge in [0.05, 0.1) is 6.04 Å². The summed E-state index contributed by atoms with van der Waals surface area (Å²) in [5, 5.41) is 0. The molecule has 142 valence electrons. The first-order valence-corrected chi connectivity index (χ1v) is 10.7. The SMILES string of the molecule is CC(C)(C)C1COC(c2cccc(C(C3CCCC3)C3CCCC3)n2)=N1. The summed E-state index contributed by atoms with van der Waals surface area (Å²) in [6, 6.07) is 6.74. The highest BCUT2D eigenvalue weighted by molar-refractivity contribution is 5.93. The Labute approximate surface area is 158 Å². The van der Waals surface area contributed by atoms with Crippen LogP contribution in [-0.4, -0.2) is 23.5 Å². The van der Waals surface area contributed by atoms with Crippen molar-refractivity contribution in [3.05, 3.63) is 29.6 Å². The molecule has 0 saturated heterocycles. The largest absolute Gasteiger partial charge is 0.474 e. The third kappa shape index (κ3) is 3.68. The van der Waals surface area contributed by atoms with Crippen LogP contribution >= 0.6 is 0 Å². The van der Waals surface area contributed by atoms with Gasteiger partial charge < -0.3 is 4.74 Å². The highest BCUT2D eigenvalue weighted by Crippen LogP contribution is 2.46. The first-order chi connectivity index (χ1) is 12.5. The van der Waals surface area contributed by atoms with Gasteiger partial charge in [0.15, 0.2) is 0 Å². The molecule has 1 unspecified atom stereocenters. The second kappa shape index (κ2) is 7.32. The van der Waals surface area contributed by atoms with E-state index in [1.165, 1.54) is 57.1 Å². The summed E-state index contributed by atoms with van der Waals surface area (Å²) in [4.78, 5) is 9.96. The molecule has 1 aromatic rings. The van der Waals surface area contributed by atoms with E-state index in [0.717, 1.165) is 23.4 Å². The molecular weight excluding hydrogens is 320 g/mol. The Morgan fingerprint density at radius 3 is 2.12 bits per heavy atom. The maximum absolute atomic E-state index is 5.95. The van der Waals surface area contributed by atoms with Gasteiger partial charge in [-0.15, -0.1) is 0 Å². The fourth-order valence-electron chi connectivity index (χ4n) is 5.21. The topological polar surface area (TPSA) is 34.5 Å². The van der Waals surface area contributed by atoms with E-state index in [0.29, 0.717) is 12.5 Å². The number of aliphatic imine (C=N–C) groups is 1. The number of pyridine rings is 1. The zero-order valence-corrected chi connectivity index (χ0v) is 16.7. The lowest BCUT2D eigenvalue weighted by Crippen LogP contribution is -2.25. The van der Waals surface area contributed by atoms with Gasteiger partial charge in [0.25, 0.3) is 0 Å². The predicted octanol–water partition coefficient (Wildman–Crippen LogP) is 5.74. The molecule has 4 rings (SSSR count). The van der Waals surface area contributed by atoms with E-state index in [4.69, 9.17) is 14.7 Å². The van der Waals surface area contributed by atoms with E-state index in [1.54, 1.807) is 0 Å². The molecule has 0 radical (unpaired) electrons. The molecule has 2 aliphatic carbocycles. The summed E-state index contributed by atoms with van der Waals surface area (Å²) in [5.41, 5.74) is 2.37. The summed E-state index contributed by atoms with van der Waals surface area (Å²) >= 11 is 0. The summed E-state index contributed by atoms with van der Waals surface area (Å²) < 4.78 is 5.95. The van der Waals surface area contributed by atoms with Gasteiger partial charge in [-0.1, -0.05) is 52.5 Å². The predicted molar refractivity (Wildman–Crippen MR) is 107 cm³/mol. The van der Waals surface area contributed by atoms with Crippen molar-refractivity contribution in [3.8, 4) is 0 Å². The van der Waals surface area contributed by atoms with E-state index in [2.05, 4.69) is 39.0 Å². The van der Waals surface area contributed by atoms with Crippen LogP contribution in [0.3, 0.4) is 0 Å². The normalized spacial score (nSPS) is 25.1. The molecule has 0 amide bonds. The molecule has 2 heterocycles. The fraction of sp³-hybridized carbons (Fsp3) is 0.739. The van der Waals surface area contributed by atoms with Gasteiger partial charge in [0, 0.05) is 11.6 Å². The Morgan fingerprint density at radius 1 is 0.962 bits per heavy atom. The minimum absolute atomic E-state index is 0.135. The molecule has 0 spiro atoms. The molecule has 0 N–H and O–H groups in total. The highest BCUT2D eigenvalue weighted by Gasteiger charge is 2.36. The fourth-order valence-corrected chi connectivity index (χ4v) is 5.21. The van der Waals surface area contributed by atoms with Crippen molar-refractivity contribution in [2.75, 3.05) is 6.61 Å². The lowest BCUT2D eigenvalue weighted by Gasteiger charge is -2.29. The molecule has 3 heteroatoms. The van der Waals surface area contributed by atoms with E-state index < -0.39 is 0 Å². The van der Waals surface area contributed by atoms with Crippen LogP contribution in [0.2, 0.25) is 0 Å². The average molecular weight is 355 g/mol. The minimum atomic E-state index is 0.135. The molecular formula is C23H34N2O. The Morgan fingerprint density at radius 2 is 1.58 bits per heavy atom. The number of ether oxygens (including phenoxy) is 1. The Bertz CT molecular complexity index is 632. The van der Waals surface area contributed by atoms with Crippen molar-refractivity contribution in [3.63, 3.8) is 0 Å². The van der Waals surface area contributed by atoms with Crippen LogP contribution in [0.4, 0.5) is 0 Å². The third-order valence-electron chi connectivity index (χ3n) is 6.80. The zero-order valence-electron chi connectivity index (χ0n) is 16.7. The van der Waals surface area contributed by atoms with Crippen molar-refractivity contribution in [2.45, 2.75) is 84.1 Å². The molecule has 0 bridgehead atoms. The zero-order chi connectivity index (χ0) is 18.1. The second-order valence-electron chi connectivity index (χ2n) is 9.69. The minimum Gasteiger partial charge on any atom is -0.474 e. The van der Waals surface area contributed by atoms with Gasteiger partial charge in [-0.25, -0.2) is 9.98 Å². The van der Waals surface area contributed by atoms with E-state index >= 15 is 0 Å². The quantitative estimate of drug-likeness (QED) is 0.691. The van der Waals surface area contributed by atoms with Crippen LogP contribution in [0.15, 0.2) is 23.2 Å². The summed E-state index contributed by atoms with van der Waals surface area (Å²) in [6.07, 6.45) is 11.1. The molecule has 3 nitrogen and oxygen atoms in total. The third-order valence-corrected chi connectivity index (χ3v) is 6.80. The Kier molecular flexibility index (Phi) is 5.07. The smallest absolute Gasteiger partial charge is 0.235 e. The van der Waals surface area contributed by atoms with Crippen molar-refractivity contribution in [2.24, 2.45) is 22.2 Å². The molecule has 2 saturated carbocycles. The van der Waals surface area contributed by atoms with Gasteiger partial charge >= 0.3 is 0 Å². The maximum Gasteiger partial charge on any atom is 0.235 e. The molecule has 26 heavy (non-hydrogen) atoms. The van der Waals surface area contributed by atoms with Crippen LogP contribution in [-0.2, 0) is 4.74 Å². The number of hydrogen-bond acceptors (Lipinski definition) is 3. The van der Waals surface area contributed by atoms with Gasteiger partial charge in [0.1, 0.15) is 12.3 Å². The van der Waals surface area contributed by atoms with Crippen LogP contribution < -0.4 is 0 Å². The summed E-state index contributed by atoms with van der Waals surface area (Å²) in [6.45, 7) is 7.37. The number of hydrogen-bond donors (Lipinski definition) is 0. The van der Waals surface area contributed by atoms with Gasteiger partial charge in [-0.05, 0) is 55.1 Å². The van der Waals surface area contributed by atoms with Gasteiger partial charge in [-0.2, -0.15) is 0 Å². The maximum atomic E-state index is 5.95. The molecule has 1 aromatic heterocycles. The number of aromatic nitrogens is 1. The average Bonchev–Trinajstić information content (AvgIpc) is 3.37. The second-order valence-corrected chi connectivity index (χ2v) is 9.69. The van der Waals surface area contributed by atoms with Crippen molar-refractivity contribution in [1.29, 1.82) is 0 Å². The van der Waals surface area contributed by atoms with E-state index in [-0.39, 0.29) is 11.5 Å². The van der Waals surface area contributed by atoms with Crippen molar-refractivity contribution in [1.82, 2.24) is 4.98 Å². The number of rotatable bonds is 4. The van der Waals surface area contributed by atoms with Crippen molar-refractivity contribution < 1.29 is 4.74 Å². The van der Waals surface area contributed by atoms with Crippen LogP contribution in [0.5, 0.6) is 0 Å². The molecule has 0 aromatic carbocycles. The lowest BCUT2D eigenvalue weighted by molar-refractivity contribution is 0.235. The standard InChI is InChI=1S/C23H34N2O/c1-23(2,3)20-15-26-22(25-20)19-14-8-13-18(24-19)21(16-9-4-5-10-16)17-11-6-7-12-17/h8,13-14,16-17,20-21H,4-7,9-12,15H2,1-3H3. The monoisotopic (exact) mass is 354 g/mol. The van der Waals surface area contributed by atoms with Crippen molar-refractivity contribution >= 4 is 5.90 Å². The summed E-state index contributed by atoms with van der Waals surface area (Å²) in [5.74, 6) is 3.05. The Balaban J connectivity index is 1.61. The van der Waals surface area contributed by atoms with E-state index in [1.807, 2.05) is 0 Å². The lowest BCUT2D eigenvalue weighted by atomic mass is 9.77. The molecule has 1 atom stereocenters. The molecule has 3 aliphatic rings. The van der Waals surface area contributed by atoms with Crippen LogP contribution in [0, 0.1) is 17.3 Å². The van der Waals surface area contributed by atoms with Crippen LogP contribution in [0.25, 0.3) is 0 Å². The van der Waals surface area contributed by atoms with E-state index in [9.17, 15) is 0 Å². The number of nitrogens with zero attached hydrogens (tertiary/aromatic N) is 2. The molecule has 1 aliphatic heterocycles. The summed E-state index contributed by atoms with van der Waals surface area (Å²) in [7, 11) is 0. The molecule has 2 fully saturated rings. The first kappa shape index (κ1) is 18.0.